The standard InChI is InChI=1S/C18H22ClN5O2S/c1-2-24-15(21-22-18(24)27)10-20-16(25)13-4-3-9-23(11-13)17(26)12-5-7-14(19)8-6-12/h5-8,13H,2-4,9-11H2,1H3,(H,20,25)(H,22,27). The van der Waals surface area contributed by atoms with Crippen LogP contribution in [0.1, 0.15) is 35.9 Å². The van der Waals surface area contributed by atoms with Crippen LogP contribution in [0.4, 0.5) is 0 Å². The number of hydrogen-bond donors (Lipinski definition) is 2. The average Bonchev–Trinajstić information content (AvgIpc) is 3.05. The number of aromatic nitrogens is 3. The lowest BCUT2D eigenvalue weighted by atomic mass is 9.96. The van der Waals surface area contributed by atoms with E-state index in [4.69, 9.17) is 23.8 Å². The van der Waals surface area contributed by atoms with Gasteiger partial charge in [-0.25, -0.2) is 0 Å². The number of nitrogens with zero attached hydrogens (tertiary/aromatic N) is 3. The van der Waals surface area contributed by atoms with Crippen LogP contribution in [0.25, 0.3) is 0 Å². The van der Waals surface area contributed by atoms with Crippen LogP contribution in [-0.4, -0.2) is 44.6 Å². The first-order valence-electron chi connectivity index (χ1n) is 8.96. The monoisotopic (exact) mass is 407 g/mol. The lowest BCUT2D eigenvalue weighted by Crippen LogP contribution is -2.45. The molecule has 0 spiro atoms. The fraction of sp³-hybridized carbons (Fsp3) is 0.444. The Balaban J connectivity index is 1.60. The summed E-state index contributed by atoms with van der Waals surface area (Å²) in [6.07, 6.45) is 1.56. The Hall–Kier alpha value is -2.19. The number of benzene rings is 1. The van der Waals surface area contributed by atoms with Gasteiger partial charge < -0.3 is 14.8 Å². The van der Waals surface area contributed by atoms with Gasteiger partial charge in [-0.3, -0.25) is 14.7 Å². The average molecular weight is 408 g/mol. The van der Waals surface area contributed by atoms with Gasteiger partial charge in [0.1, 0.15) is 0 Å². The SMILES string of the molecule is CCn1c(CNC(=O)C2CCCN(C(=O)c3ccc(Cl)cc3)C2)n[nH]c1=S. The number of carbonyl (C=O) groups excluding carboxylic acids is 2. The van der Waals surface area contributed by atoms with E-state index in [1.165, 1.54) is 0 Å². The molecule has 3 rings (SSSR count). The van der Waals surface area contributed by atoms with E-state index in [9.17, 15) is 9.59 Å². The number of H-pyrrole nitrogens is 1. The zero-order valence-corrected chi connectivity index (χ0v) is 16.6. The molecule has 1 aliphatic heterocycles. The molecule has 2 heterocycles. The van der Waals surface area contributed by atoms with E-state index in [0.29, 0.717) is 47.4 Å². The molecule has 2 N–H and O–H groups in total. The predicted octanol–water partition coefficient (Wildman–Crippen LogP) is 2.78. The number of nitrogens with one attached hydrogen (secondary N) is 2. The molecule has 1 aromatic carbocycles. The molecule has 1 saturated heterocycles. The van der Waals surface area contributed by atoms with Crippen molar-refractivity contribution in [1.29, 1.82) is 0 Å². The highest BCUT2D eigenvalue weighted by Crippen LogP contribution is 2.20. The van der Waals surface area contributed by atoms with Crippen molar-refractivity contribution in [3.05, 3.63) is 45.4 Å². The molecule has 1 aromatic heterocycles. The number of amides is 2. The molecule has 0 saturated carbocycles. The largest absolute Gasteiger partial charge is 0.348 e. The Bertz CT molecular complexity index is 877. The molecule has 1 aliphatic rings. The molecule has 144 valence electrons. The summed E-state index contributed by atoms with van der Waals surface area (Å²) < 4.78 is 2.38. The third kappa shape index (κ3) is 4.56. The zero-order valence-electron chi connectivity index (χ0n) is 15.1. The van der Waals surface area contributed by atoms with Gasteiger partial charge in [0.15, 0.2) is 10.6 Å². The van der Waals surface area contributed by atoms with Crippen molar-refractivity contribution in [2.24, 2.45) is 5.92 Å². The summed E-state index contributed by atoms with van der Waals surface area (Å²) in [5.41, 5.74) is 0.582. The van der Waals surface area contributed by atoms with Crippen LogP contribution in [-0.2, 0) is 17.9 Å². The van der Waals surface area contributed by atoms with Crippen molar-refractivity contribution in [1.82, 2.24) is 25.0 Å². The molecule has 7 nitrogen and oxygen atoms in total. The van der Waals surface area contributed by atoms with Crippen LogP contribution in [0.15, 0.2) is 24.3 Å². The van der Waals surface area contributed by atoms with E-state index in [0.717, 1.165) is 12.8 Å². The molecular formula is C18H22ClN5O2S. The third-order valence-corrected chi connectivity index (χ3v) is 5.31. The molecule has 0 radical (unpaired) electrons. The van der Waals surface area contributed by atoms with Gasteiger partial charge in [0.25, 0.3) is 5.91 Å². The minimum atomic E-state index is -0.230. The molecule has 2 amide bonds. The lowest BCUT2D eigenvalue weighted by molar-refractivity contribution is -0.126. The summed E-state index contributed by atoms with van der Waals surface area (Å²) in [7, 11) is 0. The van der Waals surface area contributed by atoms with Crippen molar-refractivity contribution in [2.45, 2.75) is 32.9 Å². The molecule has 0 aliphatic carbocycles. The van der Waals surface area contributed by atoms with Gasteiger partial charge in [-0.05, 0) is 56.2 Å². The van der Waals surface area contributed by atoms with Gasteiger partial charge in [-0.1, -0.05) is 11.6 Å². The molecule has 1 fully saturated rings. The highest BCUT2D eigenvalue weighted by atomic mass is 35.5. The van der Waals surface area contributed by atoms with Gasteiger partial charge in [0.2, 0.25) is 5.91 Å². The van der Waals surface area contributed by atoms with Gasteiger partial charge in [-0.2, -0.15) is 5.10 Å². The van der Waals surface area contributed by atoms with Crippen LogP contribution in [0.3, 0.4) is 0 Å². The maximum absolute atomic E-state index is 12.7. The molecule has 0 bridgehead atoms. The highest BCUT2D eigenvalue weighted by molar-refractivity contribution is 7.71. The number of aromatic amines is 1. The molecule has 1 unspecified atom stereocenters. The number of hydrogen-bond acceptors (Lipinski definition) is 4. The van der Waals surface area contributed by atoms with Gasteiger partial charge in [0.05, 0.1) is 12.5 Å². The van der Waals surface area contributed by atoms with E-state index < -0.39 is 0 Å². The maximum atomic E-state index is 12.7. The Morgan fingerprint density at radius 1 is 1.37 bits per heavy atom. The summed E-state index contributed by atoms with van der Waals surface area (Å²) in [6.45, 7) is 4.03. The van der Waals surface area contributed by atoms with Crippen LogP contribution >= 0.6 is 23.8 Å². The molecule has 1 atom stereocenters. The fourth-order valence-corrected chi connectivity index (χ4v) is 3.68. The smallest absolute Gasteiger partial charge is 0.253 e. The Morgan fingerprint density at radius 2 is 2.11 bits per heavy atom. The van der Waals surface area contributed by atoms with E-state index >= 15 is 0 Å². The number of piperidine rings is 1. The van der Waals surface area contributed by atoms with Gasteiger partial charge >= 0.3 is 0 Å². The summed E-state index contributed by atoms with van der Waals surface area (Å²) >= 11 is 11.0. The number of rotatable bonds is 5. The van der Waals surface area contributed by atoms with Crippen molar-refractivity contribution in [3.63, 3.8) is 0 Å². The molecule has 27 heavy (non-hydrogen) atoms. The summed E-state index contributed by atoms with van der Waals surface area (Å²) in [5.74, 6) is 0.323. The summed E-state index contributed by atoms with van der Waals surface area (Å²) in [6, 6.07) is 6.82. The second-order valence-corrected chi connectivity index (χ2v) is 7.33. The minimum Gasteiger partial charge on any atom is -0.348 e. The first-order valence-corrected chi connectivity index (χ1v) is 9.75. The Labute approximate surface area is 167 Å². The number of halogens is 1. The Morgan fingerprint density at radius 3 is 2.81 bits per heavy atom. The second kappa shape index (κ2) is 8.67. The van der Waals surface area contributed by atoms with E-state index in [1.807, 2.05) is 11.5 Å². The van der Waals surface area contributed by atoms with Gasteiger partial charge in [-0.15, -0.1) is 0 Å². The van der Waals surface area contributed by atoms with Crippen LogP contribution in [0, 0.1) is 10.7 Å². The van der Waals surface area contributed by atoms with Crippen LogP contribution in [0.5, 0.6) is 0 Å². The van der Waals surface area contributed by atoms with E-state index in [1.54, 1.807) is 29.2 Å². The van der Waals surface area contributed by atoms with E-state index in [2.05, 4.69) is 15.5 Å². The first kappa shape index (κ1) is 19.6. The van der Waals surface area contributed by atoms with Crippen molar-refractivity contribution in [2.75, 3.05) is 13.1 Å². The molecule has 2 aromatic rings. The van der Waals surface area contributed by atoms with Crippen LogP contribution < -0.4 is 5.32 Å². The topological polar surface area (TPSA) is 83.0 Å². The molecule has 9 heteroatoms. The minimum absolute atomic E-state index is 0.0693. The fourth-order valence-electron chi connectivity index (χ4n) is 3.27. The third-order valence-electron chi connectivity index (χ3n) is 4.74. The molecular weight excluding hydrogens is 386 g/mol. The second-order valence-electron chi connectivity index (χ2n) is 6.50. The van der Waals surface area contributed by atoms with Crippen LogP contribution in [0.2, 0.25) is 5.02 Å². The zero-order chi connectivity index (χ0) is 19.4. The lowest BCUT2D eigenvalue weighted by Gasteiger charge is -2.32. The van der Waals surface area contributed by atoms with Crippen molar-refractivity contribution < 1.29 is 9.59 Å². The normalized spacial score (nSPS) is 17.0. The highest BCUT2D eigenvalue weighted by Gasteiger charge is 2.29. The first-order chi connectivity index (χ1) is 13.0. The number of carbonyl (C=O) groups is 2. The predicted molar refractivity (Wildman–Crippen MR) is 105 cm³/mol. The Kier molecular flexibility index (Phi) is 6.28. The van der Waals surface area contributed by atoms with E-state index in [-0.39, 0.29) is 17.7 Å². The van der Waals surface area contributed by atoms with Crippen molar-refractivity contribution >= 4 is 35.6 Å². The number of likely N-dealkylation sites (tertiary alicyclic amines) is 1. The maximum Gasteiger partial charge on any atom is 0.253 e. The summed E-state index contributed by atoms with van der Waals surface area (Å²) in [5, 5.41) is 10.4. The quantitative estimate of drug-likeness (QED) is 0.746. The van der Waals surface area contributed by atoms with Gasteiger partial charge in [0, 0.05) is 30.2 Å². The van der Waals surface area contributed by atoms with Crippen molar-refractivity contribution in [3.8, 4) is 0 Å². The summed E-state index contributed by atoms with van der Waals surface area (Å²) in [4.78, 5) is 27.0.